The van der Waals surface area contributed by atoms with Crippen LogP contribution >= 0.6 is 0 Å². The first-order chi connectivity index (χ1) is 9.22. The van der Waals surface area contributed by atoms with Gasteiger partial charge in [-0.1, -0.05) is 55.6 Å². The van der Waals surface area contributed by atoms with E-state index < -0.39 is 0 Å². The first-order valence-electron chi connectivity index (χ1n) is 6.31. The molecule has 2 N–H and O–H groups in total. The van der Waals surface area contributed by atoms with Gasteiger partial charge in [-0.2, -0.15) is 0 Å². The Labute approximate surface area is 113 Å². The molecule has 0 spiro atoms. The molecule has 0 amide bonds. The van der Waals surface area contributed by atoms with Crippen LogP contribution in [0.3, 0.4) is 0 Å². The molecule has 2 aliphatic rings. The topological polar surface area (TPSA) is 24.1 Å². The van der Waals surface area contributed by atoms with Gasteiger partial charge in [-0.25, -0.2) is 0 Å². The molecule has 1 aromatic rings. The molecule has 1 aromatic carbocycles. The molecule has 0 aromatic heterocycles. The molecule has 1 saturated heterocycles. The van der Waals surface area contributed by atoms with E-state index in [9.17, 15) is 0 Å². The lowest BCUT2D eigenvalue weighted by atomic mass is 10.0. The van der Waals surface area contributed by atoms with Crippen LogP contribution in [-0.4, -0.2) is 0 Å². The largest absolute Gasteiger partial charge is 0.341 e. The van der Waals surface area contributed by atoms with Gasteiger partial charge in [0.05, 0.1) is 11.4 Å². The van der Waals surface area contributed by atoms with Crippen LogP contribution in [0.4, 0.5) is 0 Å². The highest BCUT2D eigenvalue weighted by Crippen LogP contribution is 2.29. The highest BCUT2D eigenvalue weighted by Gasteiger charge is 2.15. The molecule has 0 bridgehead atoms. The van der Waals surface area contributed by atoms with Crippen molar-refractivity contribution in [1.82, 2.24) is 10.6 Å². The maximum absolute atomic E-state index is 3.96. The Hall–Kier alpha value is -2.48. The highest BCUT2D eigenvalue weighted by molar-refractivity contribution is 5.73. The Kier molecular flexibility index (Phi) is 2.84. The van der Waals surface area contributed by atoms with Crippen LogP contribution in [0.2, 0.25) is 0 Å². The molecular formula is C17H16N2. The number of hydrogen-bond acceptors (Lipinski definition) is 2. The second-order valence-electron chi connectivity index (χ2n) is 4.74. The zero-order chi connectivity index (χ0) is 13.2. The third-order valence-corrected chi connectivity index (χ3v) is 3.28. The van der Waals surface area contributed by atoms with Crippen LogP contribution in [0.1, 0.15) is 12.0 Å². The monoisotopic (exact) mass is 248 g/mol. The Bertz CT molecular complexity index is 630. The van der Waals surface area contributed by atoms with Crippen molar-refractivity contribution < 1.29 is 0 Å². The SMILES string of the molecule is C=C1NC(=C)C(=CC2=CC=C(c3ccccc3)C2)N1. The average Bonchev–Trinajstić information content (AvgIpc) is 2.99. The summed E-state index contributed by atoms with van der Waals surface area (Å²) in [4.78, 5) is 0. The highest BCUT2D eigenvalue weighted by atomic mass is 15.2. The van der Waals surface area contributed by atoms with Crippen LogP contribution in [0, 0.1) is 0 Å². The quantitative estimate of drug-likeness (QED) is 0.837. The van der Waals surface area contributed by atoms with Crippen molar-refractivity contribution in [2.45, 2.75) is 6.42 Å². The standard InChI is InChI=1S/C17H16N2/c1-12-17(19-13(2)18-12)11-14-8-9-16(10-14)15-6-4-3-5-7-15/h3-9,11,18-19H,1-2,10H2. The van der Waals surface area contributed by atoms with E-state index in [1.165, 1.54) is 16.7 Å². The maximum Gasteiger partial charge on any atom is 0.100 e. The van der Waals surface area contributed by atoms with E-state index in [4.69, 9.17) is 0 Å². The summed E-state index contributed by atoms with van der Waals surface area (Å²) < 4.78 is 0. The zero-order valence-corrected chi connectivity index (χ0v) is 10.7. The second-order valence-corrected chi connectivity index (χ2v) is 4.74. The van der Waals surface area contributed by atoms with Crippen LogP contribution in [0.5, 0.6) is 0 Å². The molecule has 1 heterocycles. The van der Waals surface area contributed by atoms with Crippen molar-refractivity contribution in [3.63, 3.8) is 0 Å². The minimum absolute atomic E-state index is 0.783. The average molecular weight is 248 g/mol. The predicted molar refractivity (Wildman–Crippen MR) is 79.8 cm³/mol. The third kappa shape index (κ3) is 2.38. The fourth-order valence-corrected chi connectivity index (χ4v) is 2.32. The second kappa shape index (κ2) is 4.65. The summed E-state index contributed by atoms with van der Waals surface area (Å²) in [5.74, 6) is 0.783. The Morgan fingerprint density at radius 2 is 1.79 bits per heavy atom. The molecule has 94 valence electrons. The molecule has 0 saturated carbocycles. The number of rotatable bonds is 2. The first-order valence-corrected chi connectivity index (χ1v) is 6.31. The van der Waals surface area contributed by atoms with Gasteiger partial charge in [0.1, 0.15) is 5.82 Å². The lowest BCUT2D eigenvalue weighted by molar-refractivity contribution is 1.00. The zero-order valence-electron chi connectivity index (χ0n) is 10.7. The van der Waals surface area contributed by atoms with E-state index in [0.29, 0.717) is 0 Å². The summed E-state index contributed by atoms with van der Waals surface area (Å²) in [6, 6.07) is 10.5. The summed E-state index contributed by atoms with van der Waals surface area (Å²) in [6.07, 6.45) is 7.42. The molecule has 3 rings (SSSR count). The molecule has 0 atom stereocenters. The van der Waals surface area contributed by atoms with Gasteiger partial charge in [-0.3, -0.25) is 0 Å². The molecule has 2 heteroatoms. The number of allylic oxidation sites excluding steroid dienone is 5. The normalized spacial score (nSPS) is 20.1. The van der Waals surface area contributed by atoms with E-state index in [2.05, 4.69) is 66.3 Å². The third-order valence-electron chi connectivity index (χ3n) is 3.28. The Morgan fingerprint density at radius 1 is 1.00 bits per heavy atom. The van der Waals surface area contributed by atoms with Gasteiger partial charge in [0.2, 0.25) is 0 Å². The van der Waals surface area contributed by atoms with Gasteiger partial charge < -0.3 is 10.6 Å². The van der Waals surface area contributed by atoms with Crippen molar-refractivity contribution in [2.24, 2.45) is 0 Å². The Balaban J connectivity index is 1.74. The van der Waals surface area contributed by atoms with Gasteiger partial charge in [-0.05, 0) is 29.2 Å². The van der Waals surface area contributed by atoms with Crippen molar-refractivity contribution in [2.75, 3.05) is 0 Å². The molecule has 1 aliphatic carbocycles. The van der Waals surface area contributed by atoms with Crippen molar-refractivity contribution in [3.8, 4) is 0 Å². The van der Waals surface area contributed by atoms with E-state index in [-0.39, 0.29) is 0 Å². The number of hydrogen-bond donors (Lipinski definition) is 2. The van der Waals surface area contributed by atoms with Gasteiger partial charge in [-0.15, -0.1) is 0 Å². The van der Waals surface area contributed by atoms with Gasteiger partial charge in [0.15, 0.2) is 0 Å². The lowest BCUT2D eigenvalue weighted by Crippen LogP contribution is -2.06. The smallest absolute Gasteiger partial charge is 0.100 e. The Morgan fingerprint density at radius 3 is 2.47 bits per heavy atom. The van der Waals surface area contributed by atoms with Crippen LogP contribution in [0.25, 0.3) is 5.57 Å². The van der Waals surface area contributed by atoms with Crippen molar-refractivity contribution >= 4 is 5.57 Å². The van der Waals surface area contributed by atoms with E-state index in [0.717, 1.165) is 23.6 Å². The number of nitrogens with one attached hydrogen (secondary N) is 2. The summed E-state index contributed by atoms with van der Waals surface area (Å²) in [5.41, 5.74) is 5.78. The lowest BCUT2D eigenvalue weighted by Gasteiger charge is -2.04. The molecule has 1 aliphatic heterocycles. The van der Waals surface area contributed by atoms with Gasteiger partial charge >= 0.3 is 0 Å². The van der Waals surface area contributed by atoms with Crippen LogP contribution in [-0.2, 0) is 0 Å². The minimum Gasteiger partial charge on any atom is -0.341 e. The first kappa shape index (κ1) is 11.6. The van der Waals surface area contributed by atoms with E-state index >= 15 is 0 Å². The van der Waals surface area contributed by atoms with E-state index in [1.54, 1.807) is 0 Å². The number of benzene rings is 1. The fraction of sp³-hybridized carbons (Fsp3) is 0.0588. The summed E-state index contributed by atoms with van der Waals surface area (Å²) in [7, 11) is 0. The minimum atomic E-state index is 0.783. The molecular weight excluding hydrogens is 232 g/mol. The summed E-state index contributed by atoms with van der Waals surface area (Å²) in [6.45, 7) is 7.79. The molecule has 19 heavy (non-hydrogen) atoms. The van der Waals surface area contributed by atoms with Crippen molar-refractivity contribution in [3.05, 3.63) is 90.1 Å². The predicted octanol–water partition coefficient (Wildman–Crippen LogP) is 3.46. The van der Waals surface area contributed by atoms with E-state index in [1.807, 2.05) is 6.07 Å². The van der Waals surface area contributed by atoms with Gasteiger partial charge in [0, 0.05) is 0 Å². The molecule has 0 radical (unpaired) electrons. The fourth-order valence-electron chi connectivity index (χ4n) is 2.32. The summed E-state index contributed by atoms with van der Waals surface area (Å²) >= 11 is 0. The van der Waals surface area contributed by atoms with Gasteiger partial charge in [0.25, 0.3) is 0 Å². The molecule has 2 nitrogen and oxygen atoms in total. The maximum atomic E-state index is 3.96. The van der Waals surface area contributed by atoms with Crippen LogP contribution in [0.15, 0.2) is 84.5 Å². The van der Waals surface area contributed by atoms with Crippen molar-refractivity contribution in [1.29, 1.82) is 0 Å². The molecule has 0 unspecified atom stereocenters. The summed E-state index contributed by atoms with van der Waals surface area (Å²) in [5, 5.41) is 6.25. The molecule has 1 fully saturated rings. The van der Waals surface area contributed by atoms with Crippen LogP contribution < -0.4 is 10.6 Å².